The maximum Gasteiger partial charge on any atom is 0.316 e. The fraction of sp³-hybridized carbons (Fsp3) is 0.424. The summed E-state index contributed by atoms with van der Waals surface area (Å²) in [7, 11) is 0. The van der Waals surface area contributed by atoms with Crippen molar-refractivity contribution in [2.75, 3.05) is 44.2 Å². The molecular weight excluding hydrogens is 456 g/mol. The highest BCUT2D eigenvalue weighted by Crippen LogP contribution is 2.35. The molecule has 3 aromatic rings. The summed E-state index contributed by atoms with van der Waals surface area (Å²) in [6.45, 7) is 11.9. The van der Waals surface area contributed by atoms with Crippen LogP contribution in [-0.4, -0.2) is 50.2 Å². The van der Waals surface area contributed by atoms with Crippen molar-refractivity contribution in [2.24, 2.45) is 0 Å². The van der Waals surface area contributed by atoms with Gasteiger partial charge >= 0.3 is 5.97 Å². The van der Waals surface area contributed by atoms with Crippen LogP contribution in [0.5, 0.6) is 0 Å². The van der Waals surface area contributed by atoms with E-state index in [-0.39, 0.29) is 5.97 Å². The second-order valence-corrected chi connectivity index (χ2v) is 10.3. The van der Waals surface area contributed by atoms with Gasteiger partial charge in [-0.3, -0.25) is 9.69 Å². The summed E-state index contributed by atoms with van der Waals surface area (Å²) in [5.41, 5.74) is 5.65. The van der Waals surface area contributed by atoms with Crippen LogP contribution in [-0.2, 0) is 14.9 Å². The van der Waals surface area contributed by atoms with Crippen LogP contribution >= 0.6 is 0 Å². The van der Waals surface area contributed by atoms with Gasteiger partial charge in [-0.1, -0.05) is 86.1 Å². The molecule has 4 heteroatoms. The number of benzene rings is 3. The number of carbonyl (C=O) groups excluding carboxylic acids is 1. The molecule has 1 saturated heterocycles. The molecule has 0 aliphatic carbocycles. The molecule has 1 fully saturated rings. The molecule has 1 aliphatic heterocycles. The summed E-state index contributed by atoms with van der Waals surface area (Å²) in [6, 6.07) is 27.9. The third-order valence-electron chi connectivity index (χ3n) is 7.77. The van der Waals surface area contributed by atoms with E-state index in [4.69, 9.17) is 4.74 Å². The van der Waals surface area contributed by atoms with E-state index in [0.29, 0.717) is 6.61 Å². The number of ether oxygens (including phenoxy) is 1. The van der Waals surface area contributed by atoms with Crippen molar-refractivity contribution in [2.45, 2.75) is 51.9 Å². The number of piperazine rings is 1. The van der Waals surface area contributed by atoms with Crippen LogP contribution in [0.2, 0.25) is 0 Å². The minimum absolute atomic E-state index is 0.0682. The number of nitrogens with zero attached hydrogens (tertiary/aromatic N) is 2. The van der Waals surface area contributed by atoms with Crippen LogP contribution in [0, 0.1) is 6.92 Å². The molecule has 4 nitrogen and oxygen atoms in total. The fourth-order valence-electron chi connectivity index (χ4n) is 5.52. The lowest BCUT2D eigenvalue weighted by Gasteiger charge is -2.37. The Bertz CT molecular complexity index is 1140. The molecule has 0 aromatic heterocycles. The first-order valence-electron chi connectivity index (χ1n) is 13.9. The number of hydrogen-bond donors (Lipinski definition) is 0. The first-order valence-corrected chi connectivity index (χ1v) is 13.9. The molecule has 0 N–H and O–H groups in total. The van der Waals surface area contributed by atoms with E-state index < -0.39 is 5.41 Å². The predicted octanol–water partition coefficient (Wildman–Crippen LogP) is 6.87. The Kier molecular flexibility index (Phi) is 9.40. The van der Waals surface area contributed by atoms with E-state index in [2.05, 4.69) is 84.3 Å². The van der Waals surface area contributed by atoms with E-state index in [9.17, 15) is 4.79 Å². The number of aryl methyl sites for hydroxylation is 1. The van der Waals surface area contributed by atoms with Gasteiger partial charge in [0.05, 0.1) is 12.0 Å². The Morgan fingerprint density at radius 1 is 0.865 bits per heavy atom. The van der Waals surface area contributed by atoms with Gasteiger partial charge in [-0.05, 0) is 68.0 Å². The predicted molar refractivity (Wildman–Crippen MR) is 154 cm³/mol. The molecule has 0 radical (unpaired) electrons. The van der Waals surface area contributed by atoms with Crippen molar-refractivity contribution < 1.29 is 9.53 Å². The number of carbonyl (C=O) groups is 1. The molecule has 37 heavy (non-hydrogen) atoms. The van der Waals surface area contributed by atoms with Crippen molar-refractivity contribution >= 4 is 11.7 Å². The number of rotatable bonds is 11. The molecule has 1 atom stereocenters. The van der Waals surface area contributed by atoms with Crippen molar-refractivity contribution in [1.82, 2.24) is 4.90 Å². The van der Waals surface area contributed by atoms with E-state index in [1.54, 1.807) is 0 Å². The molecule has 1 heterocycles. The highest BCUT2D eigenvalue weighted by Gasteiger charge is 2.39. The lowest BCUT2D eigenvalue weighted by atomic mass is 9.74. The zero-order valence-corrected chi connectivity index (χ0v) is 22.8. The number of anilines is 1. The van der Waals surface area contributed by atoms with Gasteiger partial charge in [-0.2, -0.15) is 0 Å². The first kappa shape index (κ1) is 26.9. The Morgan fingerprint density at radius 3 is 2.24 bits per heavy atom. The van der Waals surface area contributed by atoms with Crippen LogP contribution in [0.3, 0.4) is 0 Å². The molecule has 1 unspecified atom stereocenters. The van der Waals surface area contributed by atoms with Gasteiger partial charge in [-0.25, -0.2) is 0 Å². The minimum atomic E-state index is -0.561. The summed E-state index contributed by atoms with van der Waals surface area (Å²) in [6.07, 6.45) is 3.39. The summed E-state index contributed by atoms with van der Waals surface area (Å²) in [5, 5.41) is 0. The zero-order valence-electron chi connectivity index (χ0n) is 22.8. The molecule has 4 rings (SSSR count). The van der Waals surface area contributed by atoms with E-state index >= 15 is 0 Å². The Hall–Kier alpha value is -3.11. The van der Waals surface area contributed by atoms with E-state index in [1.807, 2.05) is 25.1 Å². The standard InChI is InChI=1S/C33H42N2O2/c1-4-24-37-32(36)33(5-2,30-15-7-6-8-16-30)18-11-19-34-20-22-35(23-21-34)31-17-10-14-29(26-31)28-13-9-12-27(3)25-28/h6-10,12-17,25-26H,4-5,11,18-24H2,1-3H3. The second kappa shape index (κ2) is 12.9. The van der Waals surface area contributed by atoms with Crippen LogP contribution in [0.1, 0.15) is 50.7 Å². The normalized spacial score (nSPS) is 15.8. The lowest BCUT2D eigenvalue weighted by molar-refractivity contribution is -0.151. The fourth-order valence-corrected chi connectivity index (χ4v) is 5.52. The Labute approximate surface area is 223 Å². The molecule has 1 aliphatic rings. The number of hydrogen-bond acceptors (Lipinski definition) is 4. The van der Waals surface area contributed by atoms with Crippen molar-refractivity contribution in [3.63, 3.8) is 0 Å². The molecule has 0 bridgehead atoms. The quantitative estimate of drug-likeness (QED) is 0.270. The minimum Gasteiger partial charge on any atom is -0.465 e. The van der Waals surface area contributed by atoms with E-state index in [1.165, 1.54) is 22.4 Å². The lowest BCUT2D eigenvalue weighted by Crippen LogP contribution is -2.47. The van der Waals surface area contributed by atoms with Gasteiger partial charge in [0.25, 0.3) is 0 Å². The summed E-state index contributed by atoms with van der Waals surface area (Å²) in [5.74, 6) is -0.0682. The SMILES string of the molecule is CCCOC(=O)C(CC)(CCCN1CCN(c2cccc(-c3cccc(C)c3)c2)CC1)c1ccccc1. The van der Waals surface area contributed by atoms with Gasteiger partial charge in [0.2, 0.25) is 0 Å². The number of esters is 1. The van der Waals surface area contributed by atoms with Crippen LogP contribution < -0.4 is 4.90 Å². The van der Waals surface area contributed by atoms with Crippen molar-refractivity contribution in [3.05, 3.63) is 90.0 Å². The average molecular weight is 499 g/mol. The van der Waals surface area contributed by atoms with Crippen LogP contribution in [0.25, 0.3) is 11.1 Å². The molecule has 0 saturated carbocycles. The van der Waals surface area contributed by atoms with E-state index in [0.717, 1.165) is 64.0 Å². The van der Waals surface area contributed by atoms with Gasteiger partial charge < -0.3 is 9.64 Å². The van der Waals surface area contributed by atoms with Crippen LogP contribution in [0.15, 0.2) is 78.9 Å². The smallest absolute Gasteiger partial charge is 0.316 e. The first-order chi connectivity index (χ1) is 18.1. The maximum absolute atomic E-state index is 13.2. The molecular formula is C33H42N2O2. The molecule has 196 valence electrons. The summed E-state index contributed by atoms with van der Waals surface area (Å²) >= 11 is 0. The molecule has 3 aromatic carbocycles. The average Bonchev–Trinajstić information content (AvgIpc) is 2.95. The third-order valence-corrected chi connectivity index (χ3v) is 7.77. The Balaban J connectivity index is 1.34. The van der Waals surface area contributed by atoms with Gasteiger partial charge in [0.15, 0.2) is 0 Å². The highest BCUT2D eigenvalue weighted by molar-refractivity contribution is 5.83. The van der Waals surface area contributed by atoms with Crippen molar-refractivity contribution in [1.29, 1.82) is 0 Å². The van der Waals surface area contributed by atoms with Gasteiger partial charge in [-0.15, -0.1) is 0 Å². The topological polar surface area (TPSA) is 32.8 Å². The Morgan fingerprint density at radius 2 is 1.57 bits per heavy atom. The highest BCUT2D eigenvalue weighted by atomic mass is 16.5. The monoisotopic (exact) mass is 498 g/mol. The summed E-state index contributed by atoms with van der Waals surface area (Å²) < 4.78 is 5.70. The zero-order chi connectivity index (χ0) is 26.1. The largest absolute Gasteiger partial charge is 0.465 e. The van der Waals surface area contributed by atoms with Gasteiger partial charge in [0.1, 0.15) is 0 Å². The summed E-state index contributed by atoms with van der Waals surface area (Å²) in [4.78, 5) is 18.3. The van der Waals surface area contributed by atoms with Gasteiger partial charge in [0, 0.05) is 31.9 Å². The molecule has 0 spiro atoms. The van der Waals surface area contributed by atoms with Crippen molar-refractivity contribution in [3.8, 4) is 11.1 Å². The van der Waals surface area contributed by atoms with Crippen LogP contribution in [0.4, 0.5) is 5.69 Å². The maximum atomic E-state index is 13.2. The molecule has 0 amide bonds. The second-order valence-electron chi connectivity index (χ2n) is 10.3. The third kappa shape index (κ3) is 6.61.